The number of hydrogen-bond donors (Lipinski definition) is 1. The third-order valence-corrected chi connectivity index (χ3v) is 5.42. The van der Waals surface area contributed by atoms with Gasteiger partial charge in [0.05, 0.1) is 12.6 Å². The Kier molecular flexibility index (Phi) is 7.75. The van der Waals surface area contributed by atoms with E-state index in [9.17, 15) is 9.18 Å². The third kappa shape index (κ3) is 6.35. The summed E-state index contributed by atoms with van der Waals surface area (Å²) >= 11 is 0. The standard InChI is InChI=1S/C28H32FNO3/c1-6-32-25-16-13-21(27(31)30-19(2)20-11-14-23(29)15-12-20)17-22(25)18-33-26-10-8-7-9-24(26)28(3,4)5/h7-17,19H,6,18H2,1-5H3,(H,30,31)/t19-/m1/s1. The number of carbonyl (C=O) groups is 1. The molecule has 0 radical (unpaired) electrons. The third-order valence-electron chi connectivity index (χ3n) is 5.42. The van der Waals surface area contributed by atoms with E-state index in [0.29, 0.717) is 17.9 Å². The number of hydrogen-bond acceptors (Lipinski definition) is 3. The lowest BCUT2D eigenvalue weighted by molar-refractivity contribution is 0.0939. The maximum Gasteiger partial charge on any atom is 0.251 e. The molecule has 0 saturated carbocycles. The molecule has 0 unspecified atom stereocenters. The number of rotatable bonds is 8. The zero-order valence-electron chi connectivity index (χ0n) is 19.9. The predicted octanol–water partition coefficient (Wildman–Crippen LogP) is 6.59. The number of carbonyl (C=O) groups excluding carboxylic acids is 1. The molecule has 3 aromatic carbocycles. The molecule has 174 valence electrons. The molecule has 0 heterocycles. The Hall–Kier alpha value is -3.34. The average Bonchev–Trinajstić information content (AvgIpc) is 2.78. The lowest BCUT2D eigenvalue weighted by Gasteiger charge is -2.23. The number of halogens is 1. The summed E-state index contributed by atoms with van der Waals surface area (Å²) in [7, 11) is 0. The Bertz CT molecular complexity index is 1090. The molecule has 0 spiro atoms. The zero-order chi connectivity index (χ0) is 24.0. The highest BCUT2D eigenvalue weighted by Gasteiger charge is 2.19. The quantitative estimate of drug-likeness (QED) is 0.422. The van der Waals surface area contributed by atoms with Crippen molar-refractivity contribution in [1.29, 1.82) is 0 Å². The Morgan fingerprint density at radius 1 is 0.970 bits per heavy atom. The van der Waals surface area contributed by atoms with Crippen LogP contribution in [0.1, 0.15) is 67.7 Å². The molecular formula is C28H32FNO3. The maximum atomic E-state index is 13.2. The van der Waals surface area contributed by atoms with Crippen LogP contribution >= 0.6 is 0 Å². The largest absolute Gasteiger partial charge is 0.493 e. The summed E-state index contributed by atoms with van der Waals surface area (Å²) in [6, 6.07) is 19.2. The second-order valence-corrected chi connectivity index (χ2v) is 9.04. The van der Waals surface area contributed by atoms with Crippen LogP contribution in [0.3, 0.4) is 0 Å². The van der Waals surface area contributed by atoms with E-state index in [-0.39, 0.29) is 29.8 Å². The van der Waals surface area contributed by atoms with E-state index < -0.39 is 0 Å². The van der Waals surface area contributed by atoms with Crippen LogP contribution in [0.4, 0.5) is 4.39 Å². The molecular weight excluding hydrogens is 417 g/mol. The lowest BCUT2D eigenvalue weighted by atomic mass is 9.86. The van der Waals surface area contributed by atoms with Crippen molar-refractivity contribution in [3.8, 4) is 11.5 Å². The minimum absolute atomic E-state index is 0.0580. The van der Waals surface area contributed by atoms with Gasteiger partial charge in [0.2, 0.25) is 0 Å². The van der Waals surface area contributed by atoms with Crippen LogP contribution in [-0.4, -0.2) is 12.5 Å². The van der Waals surface area contributed by atoms with E-state index in [0.717, 1.165) is 22.4 Å². The van der Waals surface area contributed by atoms with Gasteiger partial charge in [-0.1, -0.05) is 51.1 Å². The summed E-state index contributed by atoms with van der Waals surface area (Å²) < 4.78 is 25.2. The zero-order valence-corrected chi connectivity index (χ0v) is 19.9. The number of nitrogens with one attached hydrogen (secondary N) is 1. The molecule has 0 bridgehead atoms. The molecule has 0 fully saturated rings. The fourth-order valence-electron chi connectivity index (χ4n) is 3.61. The van der Waals surface area contributed by atoms with Gasteiger partial charge in [0.25, 0.3) is 5.91 Å². The summed E-state index contributed by atoms with van der Waals surface area (Å²) in [6.07, 6.45) is 0. The fraction of sp³-hybridized carbons (Fsp3) is 0.321. The van der Waals surface area contributed by atoms with Crippen molar-refractivity contribution < 1.29 is 18.7 Å². The first-order chi connectivity index (χ1) is 15.7. The molecule has 4 nitrogen and oxygen atoms in total. The topological polar surface area (TPSA) is 47.6 Å². The van der Waals surface area contributed by atoms with Gasteiger partial charge in [0.15, 0.2) is 0 Å². The number of benzene rings is 3. The monoisotopic (exact) mass is 449 g/mol. The number of amides is 1. The summed E-state index contributed by atoms with van der Waals surface area (Å²) in [6.45, 7) is 11.0. The smallest absolute Gasteiger partial charge is 0.251 e. The van der Waals surface area contributed by atoms with E-state index in [4.69, 9.17) is 9.47 Å². The highest BCUT2D eigenvalue weighted by molar-refractivity contribution is 5.94. The average molecular weight is 450 g/mol. The van der Waals surface area contributed by atoms with Crippen molar-refractivity contribution in [2.24, 2.45) is 0 Å². The molecule has 0 aliphatic heterocycles. The minimum atomic E-state index is -0.304. The summed E-state index contributed by atoms with van der Waals surface area (Å²) in [5.41, 5.74) is 3.19. The highest BCUT2D eigenvalue weighted by atomic mass is 19.1. The van der Waals surface area contributed by atoms with Crippen LogP contribution in [0.25, 0.3) is 0 Å². The first-order valence-electron chi connectivity index (χ1n) is 11.2. The Morgan fingerprint density at radius 3 is 2.33 bits per heavy atom. The van der Waals surface area contributed by atoms with Gasteiger partial charge >= 0.3 is 0 Å². The van der Waals surface area contributed by atoms with Crippen molar-refractivity contribution >= 4 is 5.91 Å². The predicted molar refractivity (Wildman–Crippen MR) is 129 cm³/mol. The SMILES string of the molecule is CCOc1ccc(C(=O)N[C@H](C)c2ccc(F)cc2)cc1COc1ccccc1C(C)(C)C. The molecule has 5 heteroatoms. The van der Waals surface area contributed by atoms with Crippen LogP contribution in [-0.2, 0) is 12.0 Å². The Labute approximate surface area is 195 Å². The molecule has 0 aliphatic rings. The second kappa shape index (κ2) is 10.5. The van der Waals surface area contributed by atoms with Gasteiger partial charge in [-0.3, -0.25) is 4.79 Å². The van der Waals surface area contributed by atoms with E-state index in [1.165, 1.54) is 12.1 Å². The minimum Gasteiger partial charge on any atom is -0.493 e. The first-order valence-corrected chi connectivity index (χ1v) is 11.2. The maximum absolute atomic E-state index is 13.2. The molecule has 0 aliphatic carbocycles. The summed E-state index contributed by atoms with van der Waals surface area (Å²) in [4.78, 5) is 12.9. The summed E-state index contributed by atoms with van der Waals surface area (Å²) in [5, 5.41) is 2.97. The van der Waals surface area contributed by atoms with Crippen LogP contribution in [0.15, 0.2) is 66.7 Å². The van der Waals surface area contributed by atoms with Crippen molar-refractivity contribution in [2.45, 2.75) is 52.7 Å². The highest BCUT2D eigenvalue weighted by Crippen LogP contribution is 2.32. The van der Waals surface area contributed by atoms with Crippen LogP contribution in [0, 0.1) is 5.82 Å². The molecule has 33 heavy (non-hydrogen) atoms. The Balaban J connectivity index is 1.79. The first kappa shape index (κ1) is 24.3. The van der Waals surface area contributed by atoms with E-state index >= 15 is 0 Å². The molecule has 0 aromatic heterocycles. The van der Waals surface area contributed by atoms with Crippen molar-refractivity contribution in [3.05, 3.63) is 94.8 Å². The van der Waals surface area contributed by atoms with Crippen molar-refractivity contribution in [3.63, 3.8) is 0 Å². The van der Waals surface area contributed by atoms with Gasteiger partial charge in [-0.25, -0.2) is 4.39 Å². The van der Waals surface area contributed by atoms with Crippen molar-refractivity contribution in [1.82, 2.24) is 5.32 Å². The van der Waals surface area contributed by atoms with Crippen LogP contribution in [0.2, 0.25) is 0 Å². The normalized spacial score (nSPS) is 12.2. The van der Waals surface area contributed by atoms with E-state index in [1.807, 2.05) is 32.0 Å². The van der Waals surface area contributed by atoms with Gasteiger partial charge in [-0.15, -0.1) is 0 Å². The fourth-order valence-corrected chi connectivity index (χ4v) is 3.61. The molecule has 0 saturated heterocycles. The lowest BCUT2D eigenvalue weighted by Crippen LogP contribution is -2.26. The van der Waals surface area contributed by atoms with Gasteiger partial charge in [0.1, 0.15) is 23.9 Å². The number of para-hydroxylation sites is 1. The molecule has 3 rings (SSSR count). The van der Waals surface area contributed by atoms with Crippen LogP contribution < -0.4 is 14.8 Å². The van der Waals surface area contributed by atoms with Crippen LogP contribution in [0.5, 0.6) is 11.5 Å². The molecule has 1 atom stereocenters. The van der Waals surface area contributed by atoms with Gasteiger partial charge < -0.3 is 14.8 Å². The van der Waals surface area contributed by atoms with Gasteiger partial charge in [-0.2, -0.15) is 0 Å². The van der Waals surface area contributed by atoms with Crippen molar-refractivity contribution in [2.75, 3.05) is 6.61 Å². The molecule has 3 aromatic rings. The second-order valence-electron chi connectivity index (χ2n) is 9.04. The number of ether oxygens (including phenoxy) is 2. The van der Waals surface area contributed by atoms with Gasteiger partial charge in [-0.05, 0) is 66.8 Å². The Morgan fingerprint density at radius 2 is 1.67 bits per heavy atom. The molecule has 1 amide bonds. The summed E-state index contributed by atoms with van der Waals surface area (Å²) in [5.74, 6) is 0.980. The van der Waals surface area contributed by atoms with E-state index in [2.05, 4.69) is 32.2 Å². The van der Waals surface area contributed by atoms with E-state index in [1.54, 1.807) is 30.3 Å². The molecule has 1 N–H and O–H groups in total. The van der Waals surface area contributed by atoms with Gasteiger partial charge in [0, 0.05) is 11.1 Å².